The lowest BCUT2D eigenvalue weighted by molar-refractivity contribution is -0.167. The highest BCUT2D eigenvalue weighted by Gasteiger charge is 2.41. The van der Waals surface area contributed by atoms with Crippen LogP contribution in [0.2, 0.25) is 0 Å². The number of rotatable bonds is 5. The van der Waals surface area contributed by atoms with E-state index in [2.05, 4.69) is 0 Å². The van der Waals surface area contributed by atoms with E-state index in [0.29, 0.717) is 18.4 Å². The van der Waals surface area contributed by atoms with E-state index in [9.17, 15) is 9.59 Å². The van der Waals surface area contributed by atoms with Crippen LogP contribution in [0.25, 0.3) is 5.57 Å². The third kappa shape index (κ3) is 4.15. The van der Waals surface area contributed by atoms with Crippen LogP contribution in [0.1, 0.15) is 45.6 Å². The molecule has 1 fully saturated rings. The van der Waals surface area contributed by atoms with Crippen LogP contribution in [0.4, 0.5) is 0 Å². The average Bonchev–Trinajstić information content (AvgIpc) is 2.62. The summed E-state index contributed by atoms with van der Waals surface area (Å²) in [4.78, 5) is 24.8. The summed E-state index contributed by atoms with van der Waals surface area (Å²) in [5.74, 6) is -0.361. The number of ether oxygens (including phenoxy) is 3. The zero-order valence-electron chi connectivity index (χ0n) is 15.5. The Balaban J connectivity index is 1.61. The summed E-state index contributed by atoms with van der Waals surface area (Å²) in [7, 11) is 0. The predicted molar refractivity (Wildman–Crippen MR) is 97.2 cm³/mol. The monoisotopic (exact) mass is 358 g/mol. The van der Waals surface area contributed by atoms with Crippen molar-refractivity contribution < 1.29 is 23.8 Å². The van der Waals surface area contributed by atoms with E-state index in [-0.39, 0.29) is 36.0 Å². The first-order chi connectivity index (χ1) is 12.5. The Morgan fingerprint density at radius 2 is 1.88 bits per heavy atom. The average molecular weight is 358 g/mol. The van der Waals surface area contributed by atoms with Crippen molar-refractivity contribution >= 4 is 17.3 Å². The second-order valence-electron chi connectivity index (χ2n) is 7.24. The summed E-state index contributed by atoms with van der Waals surface area (Å²) in [6.45, 7) is 5.33. The molecule has 0 spiro atoms. The van der Waals surface area contributed by atoms with E-state index in [1.165, 1.54) is 0 Å². The molecule has 0 radical (unpaired) electrons. The molecule has 1 aliphatic heterocycles. The fourth-order valence-corrected chi connectivity index (χ4v) is 3.58. The van der Waals surface area contributed by atoms with Crippen LogP contribution < -0.4 is 0 Å². The highest BCUT2D eigenvalue weighted by atomic mass is 16.6. The molecule has 4 unspecified atom stereocenters. The van der Waals surface area contributed by atoms with Crippen molar-refractivity contribution in [2.24, 2.45) is 5.92 Å². The van der Waals surface area contributed by atoms with E-state index in [1.54, 1.807) is 13.2 Å². The van der Waals surface area contributed by atoms with Gasteiger partial charge in [0.2, 0.25) is 0 Å². The molecular formula is C21H26O5. The van der Waals surface area contributed by atoms with Gasteiger partial charge >= 0.3 is 5.97 Å². The summed E-state index contributed by atoms with van der Waals surface area (Å²) >= 11 is 0. The molecule has 1 aromatic carbocycles. The zero-order chi connectivity index (χ0) is 18.7. The molecule has 0 saturated heterocycles. The van der Waals surface area contributed by atoms with Gasteiger partial charge in [-0.1, -0.05) is 30.3 Å². The first-order valence-corrected chi connectivity index (χ1v) is 9.27. The van der Waals surface area contributed by atoms with Crippen LogP contribution in [0.3, 0.4) is 0 Å². The minimum Gasteiger partial charge on any atom is -0.496 e. The summed E-state index contributed by atoms with van der Waals surface area (Å²) in [6.07, 6.45) is 2.54. The first kappa shape index (κ1) is 18.6. The van der Waals surface area contributed by atoms with Crippen LogP contribution in [-0.4, -0.2) is 36.2 Å². The lowest BCUT2D eigenvalue weighted by Crippen LogP contribution is -2.43. The van der Waals surface area contributed by atoms with E-state index < -0.39 is 6.10 Å². The topological polar surface area (TPSA) is 61.8 Å². The Bertz CT molecular complexity index is 679. The molecule has 0 bridgehead atoms. The van der Waals surface area contributed by atoms with Crippen LogP contribution in [0.15, 0.2) is 36.6 Å². The SMILES string of the molecule is CC(C)OC(=O)C(C)OC1CCC2C(=O)C(c3ccccc3)=COC2C1. The second kappa shape index (κ2) is 8.04. The molecule has 1 aromatic rings. The molecule has 0 amide bonds. The zero-order valence-corrected chi connectivity index (χ0v) is 15.5. The van der Waals surface area contributed by atoms with Crippen LogP contribution in [0.5, 0.6) is 0 Å². The van der Waals surface area contributed by atoms with Gasteiger partial charge in [0.15, 0.2) is 11.9 Å². The molecule has 0 N–H and O–H groups in total. The van der Waals surface area contributed by atoms with Gasteiger partial charge < -0.3 is 14.2 Å². The number of allylic oxidation sites excluding steroid dienone is 1. The fourth-order valence-electron chi connectivity index (χ4n) is 3.58. The quantitative estimate of drug-likeness (QED) is 0.754. The Morgan fingerprint density at radius 3 is 2.58 bits per heavy atom. The van der Waals surface area contributed by atoms with Gasteiger partial charge in [-0.2, -0.15) is 0 Å². The molecule has 4 atom stereocenters. The summed E-state index contributed by atoms with van der Waals surface area (Å²) in [5.41, 5.74) is 1.53. The molecule has 140 valence electrons. The highest BCUT2D eigenvalue weighted by Crippen LogP contribution is 2.37. The molecule has 5 heteroatoms. The largest absolute Gasteiger partial charge is 0.496 e. The van der Waals surface area contributed by atoms with Crippen molar-refractivity contribution in [3.05, 3.63) is 42.2 Å². The lowest BCUT2D eigenvalue weighted by atomic mass is 9.78. The molecule has 5 nitrogen and oxygen atoms in total. The number of fused-ring (bicyclic) bond motifs is 1. The van der Waals surface area contributed by atoms with Gasteiger partial charge in [0, 0.05) is 6.42 Å². The van der Waals surface area contributed by atoms with E-state index in [1.807, 2.05) is 44.2 Å². The van der Waals surface area contributed by atoms with Gasteiger partial charge in [-0.3, -0.25) is 4.79 Å². The van der Waals surface area contributed by atoms with Gasteiger partial charge in [0.05, 0.1) is 30.0 Å². The molecule has 1 aliphatic carbocycles. The number of esters is 1. The van der Waals surface area contributed by atoms with Gasteiger partial charge in [0.25, 0.3) is 0 Å². The van der Waals surface area contributed by atoms with Crippen LogP contribution in [0, 0.1) is 5.92 Å². The smallest absolute Gasteiger partial charge is 0.335 e. The third-order valence-corrected chi connectivity index (χ3v) is 4.87. The van der Waals surface area contributed by atoms with Crippen molar-refractivity contribution in [2.45, 2.75) is 64.4 Å². The molecule has 1 heterocycles. The Labute approximate surface area is 154 Å². The molecule has 2 aliphatic rings. The maximum atomic E-state index is 12.9. The number of ketones is 1. The van der Waals surface area contributed by atoms with Gasteiger partial charge in [0.1, 0.15) is 6.10 Å². The second-order valence-corrected chi connectivity index (χ2v) is 7.24. The Morgan fingerprint density at radius 1 is 1.15 bits per heavy atom. The minimum atomic E-state index is -0.617. The summed E-state index contributed by atoms with van der Waals surface area (Å²) in [6, 6.07) is 9.60. The molecule has 26 heavy (non-hydrogen) atoms. The van der Waals surface area contributed by atoms with Crippen molar-refractivity contribution in [3.8, 4) is 0 Å². The molecule has 3 rings (SSSR count). The number of hydrogen-bond donors (Lipinski definition) is 0. The van der Waals surface area contributed by atoms with Crippen molar-refractivity contribution in [3.63, 3.8) is 0 Å². The van der Waals surface area contributed by atoms with Crippen LogP contribution in [-0.2, 0) is 23.8 Å². The number of hydrogen-bond acceptors (Lipinski definition) is 5. The molecule has 1 saturated carbocycles. The van der Waals surface area contributed by atoms with Crippen molar-refractivity contribution in [1.29, 1.82) is 0 Å². The van der Waals surface area contributed by atoms with Gasteiger partial charge in [-0.15, -0.1) is 0 Å². The molecule has 0 aromatic heterocycles. The van der Waals surface area contributed by atoms with Crippen molar-refractivity contribution in [2.75, 3.05) is 0 Å². The number of carbonyl (C=O) groups is 2. The normalized spacial score (nSPS) is 26.5. The standard InChI is InChI=1S/C21H26O5/c1-13(2)25-21(23)14(3)26-16-9-10-17-19(11-16)24-12-18(20(17)22)15-7-5-4-6-8-15/h4-8,12-14,16-17,19H,9-11H2,1-3H3. The van der Waals surface area contributed by atoms with Gasteiger partial charge in [-0.05, 0) is 39.2 Å². The Hall–Kier alpha value is -2.14. The molecular weight excluding hydrogens is 332 g/mol. The minimum absolute atomic E-state index is 0.106. The lowest BCUT2D eigenvalue weighted by Gasteiger charge is -2.38. The predicted octanol–water partition coefficient (Wildman–Crippen LogP) is 3.52. The van der Waals surface area contributed by atoms with Gasteiger partial charge in [-0.25, -0.2) is 4.79 Å². The first-order valence-electron chi connectivity index (χ1n) is 9.27. The van der Waals surface area contributed by atoms with Crippen molar-refractivity contribution in [1.82, 2.24) is 0 Å². The summed E-state index contributed by atoms with van der Waals surface area (Å²) in [5, 5.41) is 0. The third-order valence-electron chi connectivity index (χ3n) is 4.87. The number of benzene rings is 1. The van der Waals surface area contributed by atoms with Crippen LogP contribution >= 0.6 is 0 Å². The van der Waals surface area contributed by atoms with E-state index in [0.717, 1.165) is 12.0 Å². The van der Waals surface area contributed by atoms with E-state index in [4.69, 9.17) is 14.2 Å². The highest BCUT2D eigenvalue weighted by molar-refractivity contribution is 6.22. The maximum Gasteiger partial charge on any atom is 0.335 e. The summed E-state index contributed by atoms with van der Waals surface area (Å²) < 4.78 is 16.9. The Kier molecular flexibility index (Phi) is 5.77. The van der Waals surface area contributed by atoms with E-state index >= 15 is 0 Å². The number of carbonyl (C=O) groups excluding carboxylic acids is 2. The maximum absolute atomic E-state index is 12.9. The number of Topliss-reactive ketones (excluding diaryl/α,β-unsaturated/α-hetero) is 1. The fraction of sp³-hybridized carbons (Fsp3) is 0.524.